The van der Waals surface area contributed by atoms with Crippen LogP contribution in [0.1, 0.15) is 52.8 Å². The van der Waals surface area contributed by atoms with E-state index in [1.807, 2.05) is 0 Å². The highest BCUT2D eigenvalue weighted by Gasteiger charge is 2.54. The van der Waals surface area contributed by atoms with Crippen LogP contribution in [0.2, 0.25) is 0 Å². The van der Waals surface area contributed by atoms with Gasteiger partial charge in [0, 0.05) is 12.7 Å². The van der Waals surface area contributed by atoms with Crippen molar-refractivity contribution in [3.05, 3.63) is 202 Å². The fourth-order valence-corrected chi connectivity index (χ4v) is 8.92. The zero-order valence-corrected chi connectivity index (χ0v) is 37.9. The van der Waals surface area contributed by atoms with Crippen LogP contribution in [-0.4, -0.2) is 27.9 Å². The minimum Gasteiger partial charge on any atom is -0.457 e. The molecule has 7 rings (SSSR count). The zero-order chi connectivity index (χ0) is 50.3. The Kier molecular flexibility index (Phi) is 13.7. The largest absolute Gasteiger partial charge is 0.457 e. The fraction of sp³-hybridized carbons (Fsp3) is 0.192. The maximum atomic E-state index is 14.8. The van der Waals surface area contributed by atoms with E-state index in [1.54, 1.807) is 19.1 Å². The minimum atomic E-state index is -4.89. The van der Waals surface area contributed by atoms with Gasteiger partial charge < -0.3 is 18.9 Å². The molecule has 0 saturated heterocycles. The summed E-state index contributed by atoms with van der Waals surface area (Å²) in [5.74, 6) is -8.05. The van der Waals surface area contributed by atoms with Crippen molar-refractivity contribution in [2.45, 2.75) is 67.3 Å². The van der Waals surface area contributed by atoms with Gasteiger partial charge in [-0.25, -0.2) is 17.2 Å². The first kappa shape index (κ1) is 50.0. The predicted octanol–water partition coefficient (Wildman–Crippen LogP) is 15.0. The Bertz CT molecular complexity index is 3060. The van der Waals surface area contributed by atoms with Gasteiger partial charge in [-0.3, -0.25) is 0 Å². The summed E-state index contributed by atoms with van der Waals surface area (Å²) >= 11 is 0. The van der Waals surface area contributed by atoms with E-state index in [9.17, 15) is 52.3 Å². The van der Waals surface area contributed by atoms with Crippen molar-refractivity contribution in [2.75, 3.05) is 7.11 Å². The van der Waals surface area contributed by atoms with Crippen molar-refractivity contribution >= 4 is 9.84 Å². The molecule has 7 aromatic carbocycles. The zero-order valence-electron chi connectivity index (χ0n) is 37.1. The highest BCUT2D eigenvalue weighted by atomic mass is 32.2. The normalized spacial score (nSPS) is 13.9. The van der Waals surface area contributed by atoms with E-state index in [0.29, 0.717) is 5.56 Å². The number of sulfone groups is 1. The van der Waals surface area contributed by atoms with Crippen LogP contribution in [0, 0.1) is 37.1 Å². The molecule has 0 heterocycles. The Morgan fingerprint density at radius 1 is 0.464 bits per heavy atom. The van der Waals surface area contributed by atoms with Crippen LogP contribution in [0.5, 0.6) is 34.5 Å². The SMILES string of the molecule is COCc1ccc(C(C)(c2ccc(Oc3ccc(S(=O)(=O)c4ccc(Oc5ccc(C(C)(c6ccc(Oc7c(F)c(F)c(C)c(F)c7F)cc6)C(F)(F)F)cc5)cc4)cc3C)cc2)C(F)(F)F)cc1. The molecule has 2 atom stereocenters. The van der Waals surface area contributed by atoms with Crippen LogP contribution in [0.3, 0.4) is 0 Å². The lowest BCUT2D eigenvalue weighted by Crippen LogP contribution is -2.40. The molecule has 0 aliphatic rings. The van der Waals surface area contributed by atoms with Gasteiger partial charge in [0.25, 0.3) is 0 Å². The molecule has 69 heavy (non-hydrogen) atoms. The van der Waals surface area contributed by atoms with Crippen LogP contribution in [0.25, 0.3) is 0 Å². The first-order valence-corrected chi connectivity index (χ1v) is 22.2. The van der Waals surface area contributed by atoms with Gasteiger partial charge in [-0.15, -0.1) is 0 Å². The summed E-state index contributed by atoms with van der Waals surface area (Å²) in [4.78, 5) is -0.195. The molecule has 0 aromatic heterocycles. The molecular weight excluding hydrogens is 943 g/mol. The smallest absolute Gasteiger partial charge is 0.402 e. The lowest BCUT2D eigenvalue weighted by atomic mass is 9.75. The van der Waals surface area contributed by atoms with E-state index in [2.05, 4.69) is 0 Å². The summed E-state index contributed by atoms with van der Waals surface area (Å²) in [6, 6.07) is 29.7. The molecule has 2 unspecified atom stereocenters. The number of rotatable bonds is 14. The number of alkyl halides is 6. The van der Waals surface area contributed by atoms with Gasteiger partial charge in [-0.2, -0.15) is 35.1 Å². The van der Waals surface area contributed by atoms with Gasteiger partial charge in [-0.05, 0) is 140 Å². The van der Waals surface area contributed by atoms with Crippen LogP contribution in [0.15, 0.2) is 149 Å². The van der Waals surface area contributed by atoms with E-state index in [1.165, 1.54) is 110 Å². The van der Waals surface area contributed by atoms with Gasteiger partial charge in [0.15, 0.2) is 11.6 Å². The van der Waals surface area contributed by atoms with E-state index in [0.717, 1.165) is 50.6 Å². The van der Waals surface area contributed by atoms with E-state index < -0.39 is 73.4 Å². The second-order valence-electron chi connectivity index (χ2n) is 16.4. The molecule has 0 amide bonds. The van der Waals surface area contributed by atoms with Gasteiger partial charge in [0.05, 0.1) is 16.4 Å². The Morgan fingerprint density at radius 2 is 0.826 bits per heavy atom. The molecule has 0 fully saturated rings. The summed E-state index contributed by atoms with van der Waals surface area (Å²) < 4.78 is 194. The Balaban J connectivity index is 1.02. The molecule has 0 aliphatic heterocycles. The lowest BCUT2D eigenvalue weighted by molar-refractivity contribution is -0.173. The molecule has 360 valence electrons. The maximum absolute atomic E-state index is 14.8. The maximum Gasteiger partial charge on any atom is 0.402 e. The van der Waals surface area contributed by atoms with E-state index in [4.69, 9.17) is 18.9 Å². The van der Waals surface area contributed by atoms with Gasteiger partial charge in [0.1, 0.15) is 39.6 Å². The molecule has 17 heteroatoms. The standard InChI is InChI=1S/C52H40F10O6S/c1-30-28-42(26-27-43(30)67-39-18-12-35(13-19-39)49(3,51(57,58)59)33-8-6-32(7-9-33)29-65-5)69(63,64)41-24-22-38(23-25-41)66-37-16-10-34(11-17-37)50(4,52(60,61)62)36-14-20-40(21-15-36)68-48-46(55)44(53)31(2)45(54)47(48)56/h6-28H,29H2,1-5H3. The fourth-order valence-electron chi connectivity index (χ4n) is 7.58. The number of ether oxygens (including phenoxy) is 4. The van der Waals surface area contributed by atoms with E-state index in [-0.39, 0.29) is 61.6 Å². The van der Waals surface area contributed by atoms with Crippen LogP contribution < -0.4 is 14.2 Å². The molecule has 0 saturated carbocycles. The third-order valence-electron chi connectivity index (χ3n) is 12.0. The summed E-state index contributed by atoms with van der Waals surface area (Å²) in [6.07, 6.45) is -9.53. The number of halogens is 10. The van der Waals surface area contributed by atoms with Crippen molar-refractivity contribution in [2.24, 2.45) is 0 Å². The molecule has 0 aliphatic carbocycles. The summed E-state index contributed by atoms with van der Waals surface area (Å²) in [7, 11) is -2.61. The topological polar surface area (TPSA) is 71.1 Å². The average molecular weight is 983 g/mol. The molecule has 0 bridgehead atoms. The summed E-state index contributed by atoms with van der Waals surface area (Å²) in [5, 5.41) is 0. The van der Waals surface area contributed by atoms with Gasteiger partial charge in [0.2, 0.25) is 27.2 Å². The van der Waals surface area contributed by atoms with Crippen LogP contribution in [0.4, 0.5) is 43.9 Å². The number of hydrogen-bond donors (Lipinski definition) is 0. The van der Waals surface area contributed by atoms with Crippen molar-refractivity contribution < 1.29 is 71.3 Å². The van der Waals surface area contributed by atoms with Crippen molar-refractivity contribution in [1.82, 2.24) is 0 Å². The van der Waals surface area contributed by atoms with Crippen LogP contribution >= 0.6 is 0 Å². The number of benzene rings is 7. The minimum absolute atomic E-state index is 0.0185. The van der Waals surface area contributed by atoms with Gasteiger partial charge >= 0.3 is 12.4 Å². The number of methoxy groups -OCH3 is 1. The monoisotopic (exact) mass is 982 g/mol. The Hall–Kier alpha value is -6.85. The molecule has 0 radical (unpaired) electrons. The van der Waals surface area contributed by atoms with Crippen molar-refractivity contribution in [3.63, 3.8) is 0 Å². The molecule has 0 N–H and O–H groups in total. The Labute approximate surface area is 390 Å². The van der Waals surface area contributed by atoms with Crippen molar-refractivity contribution in [3.8, 4) is 34.5 Å². The third-order valence-corrected chi connectivity index (χ3v) is 13.8. The molecule has 7 aromatic rings. The molecule has 0 spiro atoms. The van der Waals surface area contributed by atoms with Crippen LogP contribution in [-0.2, 0) is 32.0 Å². The number of aryl methyl sites for hydroxylation is 1. The molecule has 6 nitrogen and oxygen atoms in total. The predicted molar refractivity (Wildman–Crippen MR) is 236 cm³/mol. The van der Waals surface area contributed by atoms with E-state index >= 15 is 0 Å². The quantitative estimate of drug-likeness (QED) is 0.0799. The van der Waals surface area contributed by atoms with Gasteiger partial charge in [-0.1, -0.05) is 60.7 Å². The highest BCUT2D eigenvalue weighted by Crippen LogP contribution is 2.48. The van der Waals surface area contributed by atoms with Crippen molar-refractivity contribution in [1.29, 1.82) is 0 Å². The summed E-state index contributed by atoms with van der Waals surface area (Å²) in [6.45, 7) is 4.69. The molecular formula is C52H40F10O6S. The first-order valence-electron chi connectivity index (χ1n) is 20.8. The first-order chi connectivity index (χ1) is 32.4. The second kappa shape index (κ2) is 18.9. The second-order valence-corrected chi connectivity index (χ2v) is 18.3. The third kappa shape index (κ3) is 9.62. The highest BCUT2D eigenvalue weighted by molar-refractivity contribution is 7.91. The average Bonchev–Trinajstić information content (AvgIpc) is 3.32. The lowest BCUT2D eigenvalue weighted by Gasteiger charge is -2.33. The Morgan fingerprint density at radius 3 is 1.22 bits per heavy atom. The summed E-state index contributed by atoms with van der Waals surface area (Å²) in [5.41, 5.74) is -5.28. The number of hydrogen-bond acceptors (Lipinski definition) is 6.